The summed E-state index contributed by atoms with van der Waals surface area (Å²) in [4.78, 5) is 13.9. The van der Waals surface area contributed by atoms with E-state index < -0.39 is 5.82 Å². The molecule has 6 rings (SSSR count). The molecule has 2 atom stereocenters. The number of likely N-dealkylation sites (tertiary alicyclic amines) is 1. The zero-order chi connectivity index (χ0) is 21.1. The highest BCUT2D eigenvalue weighted by atomic mass is 19.1. The van der Waals surface area contributed by atoms with Gasteiger partial charge in [-0.1, -0.05) is 0 Å². The van der Waals surface area contributed by atoms with Crippen LogP contribution in [0.1, 0.15) is 0 Å². The topological polar surface area (TPSA) is 58.8 Å². The van der Waals surface area contributed by atoms with Gasteiger partial charge in [0.2, 0.25) is 0 Å². The van der Waals surface area contributed by atoms with Gasteiger partial charge in [0.05, 0.1) is 36.9 Å². The number of aromatic nitrogens is 4. The molecule has 4 aromatic rings. The van der Waals surface area contributed by atoms with Gasteiger partial charge in [-0.2, -0.15) is 5.10 Å². The minimum Gasteiger partial charge on any atom is -0.494 e. The molecule has 0 N–H and O–H groups in total. The maximum atomic E-state index is 14.1. The predicted octanol–water partition coefficient (Wildman–Crippen LogP) is 3.09. The van der Waals surface area contributed by atoms with Crippen molar-refractivity contribution in [2.45, 2.75) is 0 Å². The van der Waals surface area contributed by atoms with Crippen molar-refractivity contribution in [2.24, 2.45) is 11.8 Å². The molecule has 2 aliphatic rings. The maximum absolute atomic E-state index is 14.1. The smallest absolute Gasteiger partial charge is 0.167 e. The van der Waals surface area contributed by atoms with Gasteiger partial charge in [0.1, 0.15) is 0 Å². The number of ether oxygens (including phenoxy) is 1. The lowest BCUT2D eigenvalue weighted by molar-refractivity contribution is 0.387. The zero-order valence-corrected chi connectivity index (χ0v) is 17.5. The maximum Gasteiger partial charge on any atom is 0.167 e. The Kier molecular flexibility index (Phi) is 4.11. The monoisotopic (exact) mass is 418 g/mol. The fourth-order valence-electron chi connectivity index (χ4n) is 5.20. The van der Waals surface area contributed by atoms with Gasteiger partial charge in [-0.3, -0.25) is 4.98 Å². The van der Waals surface area contributed by atoms with Crippen molar-refractivity contribution in [1.29, 1.82) is 0 Å². The van der Waals surface area contributed by atoms with Crippen molar-refractivity contribution in [2.75, 3.05) is 45.2 Å². The predicted molar refractivity (Wildman–Crippen MR) is 117 cm³/mol. The summed E-state index contributed by atoms with van der Waals surface area (Å²) in [6.45, 7) is 4.47. The molecule has 5 heterocycles. The molecule has 0 aliphatic carbocycles. The van der Waals surface area contributed by atoms with Gasteiger partial charge in [-0.05, 0) is 36.6 Å². The molecule has 0 spiro atoms. The molecule has 0 radical (unpaired) electrons. The second-order valence-electron chi connectivity index (χ2n) is 8.65. The second kappa shape index (κ2) is 6.88. The summed E-state index contributed by atoms with van der Waals surface area (Å²) in [5.74, 6) is 1.22. The number of pyridine rings is 1. The van der Waals surface area contributed by atoms with Gasteiger partial charge in [0, 0.05) is 49.4 Å². The van der Waals surface area contributed by atoms with E-state index in [1.807, 2.05) is 23.0 Å². The lowest BCUT2D eigenvalue weighted by Crippen LogP contribution is -2.26. The number of hydrogen-bond donors (Lipinski definition) is 0. The van der Waals surface area contributed by atoms with Gasteiger partial charge in [-0.15, -0.1) is 0 Å². The van der Waals surface area contributed by atoms with E-state index in [4.69, 9.17) is 9.72 Å². The third-order valence-corrected chi connectivity index (χ3v) is 6.68. The molecule has 2 saturated heterocycles. The summed E-state index contributed by atoms with van der Waals surface area (Å²) in [6.07, 6.45) is 7.49. The van der Waals surface area contributed by atoms with Crippen molar-refractivity contribution in [1.82, 2.24) is 24.5 Å². The van der Waals surface area contributed by atoms with Crippen LogP contribution in [0.15, 0.2) is 43.0 Å². The van der Waals surface area contributed by atoms with E-state index >= 15 is 0 Å². The summed E-state index contributed by atoms with van der Waals surface area (Å²) >= 11 is 0. The Morgan fingerprint density at radius 1 is 1.03 bits per heavy atom. The van der Waals surface area contributed by atoms with Crippen LogP contribution in [0.4, 0.5) is 10.1 Å². The summed E-state index contributed by atoms with van der Waals surface area (Å²) in [5.41, 5.74) is 4.21. The van der Waals surface area contributed by atoms with E-state index in [2.05, 4.69) is 33.1 Å². The number of hydrogen-bond acceptors (Lipinski definition) is 6. The van der Waals surface area contributed by atoms with E-state index in [0.29, 0.717) is 5.52 Å². The van der Waals surface area contributed by atoms with E-state index in [1.165, 1.54) is 26.3 Å². The molecule has 8 heteroatoms. The van der Waals surface area contributed by atoms with Crippen LogP contribution in [0.2, 0.25) is 0 Å². The van der Waals surface area contributed by atoms with E-state index in [-0.39, 0.29) is 5.75 Å². The molecule has 31 heavy (non-hydrogen) atoms. The van der Waals surface area contributed by atoms with E-state index in [9.17, 15) is 4.39 Å². The molecule has 0 amide bonds. The number of methoxy groups -OCH3 is 1. The molecule has 0 bridgehead atoms. The molecule has 2 unspecified atom stereocenters. The summed E-state index contributed by atoms with van der Waals surface area (Å²) in [7, 11) is 3.66. The normalized spacial score (nSPS) is 21.3. The van der Waals surface area contributed by atoms with Crippen LogP contribution < -0.4 is 9.64 Å². The molecule has 0 saturated carbocycles. The van der Waals surface area contributed by atoms with Crippen molar-refractivity contribution >= 4 is 22.2 Å². The Hall–Kier alpha value is -3.26. The van der Waals surface area contributed by atoms with Crippen LogP contribution >= 0.6 is 0 Å². The first-order chi connectivity index (χ1) is 15.1. The van der Waals surface area contributed by atoms with Gasteiger partial charge < -0.3 is 14.5 Å². The molecular weight excluding hydrogens is 395 g/mol. The summed E-state index contributed by atoms with van der Waals surface area (Å²) in [6, 6.07) is 4.99. The second-order valence-corrected chi connectivity index (χ2v) is 8.65. The Balaban J connectivity index is 1.39. The zero-order valence-electron chi connectivity index (χ0n) is 17.5. The Morgan fingerprint density at radius 3 is 2.61 bits per heavy atom. The molecular formula is C23H23FN6O. The average Bonchev–Trinajstić information content (AvgIpc) is 3.44. The van der Waals surface area contributed by atoms with Gasteiger partial charge in [0.15, 0.2) is 17.2 Å². The van der Waals surface area contributed by atoms with Crippen LogP contribution in [0.25, 0.3) is 27.7 Å². The highest BCUT2D eigenvalue weighted by Crippen LogP contribution is 2.35. The van der Waals surface area contributed by atoms with Crippen LogP contribution in [-0.2, 0) is 0 Å². The fourth-order valence-corrected chi connectivity index (χ4v) is 5.20. The minimum absolute atomic E-state index is 0.193. The van der Waals surface area contributed by atoms with Gasteiger partial charge >= 0.3 is 0 Å². The summed E-state index contributed by atoms with van der Waals surface area (Å²) in [5, 5.41) is 5.38. The van der Waals surface area contributed by atoms with Crippen LogP contribution in [0.3, 0.4) is 0 Å². The van der Waals surface area contributed by atoms with Crippen LogP contribution in [0, 0.1) is 17.7 Å². The number of anilines is 1. The standard InChI is InChI=1S/C23H23FN6O/c1-28-9-14-11-29(12-15(14)10-28)16-7-26-23-19(8-27-30(23)13-16)17-3-4-25-21-6-20(24)22(31-2)5-18(17)21/h3-8,13-15H,9-12H2,1-2H3. The van der Waals surface area contributed by atoms with Gasteiger partial charge in [0.25, 0.3) is 0 Å². The number of fused-ring (bicyclic) bond motifs is 3. The van der Waals surface area contributed by atoms with Crippen LogP contribution in [0.5, 0.6) is 5.75 Å². The Morgan fingerprint density at radius 2 is 1.84 bits per heavy atom. The lowest BCUT2D eigenvalue weighted by Gasteiger charge is -2.20. The van der Waals surface area contributed by atoms with Gasteiger partial charge in [-0.25, -0.2) is 13.9 Å². The molecule has 3 aromatic heterocycles. The highest BCUT2D eigenvalue weighted by Gasteiger charge is 2.38. The van der Waals surface area contributed by atoms with E-state index in [1.54, 1.807) is 12.3 Å². The molecule has 2 fully saturated rings. The van der Waals surface area contributed by atoms with Crippen LogP contribution in [-0.4, -0.2) is 64.8 Å². The quantitative estimate of drug-likeness (QED) is 0.510. The number of halogens is 1. The Bertz CT molecular complexity index is 1290. The van der Waals surface area contributed by atoms with Crippen molar-refractivity contribution in [3.05, 3.63) is 48.8 Å². The number of benzene rings is 1. The average molecular weight is 418 g/mol. The molecule has 2 aliphatic heterocycles. The van der Waals surface area contributed by atoms with Crippen molar-refractivity contribution in [3.8, 4) is 16.9 Å². The lowest BCUT2D eigenvalue weighted by atomic mass is 10.0. The fraction of sp³-hybridized carbons (Fsp3) is 0.348. The SMILES string of the molecule is COc1cc2c(-c3cnn4cc(N5CC6CN(C)CC6C5)cnc34)ccnc2cc1F. The molecule has 7 nitrogen and oxygen atoms in total. The minimum atomic E-state index is -0.427. The highest BCUT2D eigenvalue weighted by molar-refractivity contribution is 5.98. The largest absolute Gasteiger partial charge is 0.494 e. The Labute approximate surface area is 179 Å². The third-order valence-electron chi connectivity index (χ3n) is 6.68. The number of nitrogens with zero attached hydrogens (tertiary/aromatic N) is 6. The molecule has 1 aromatic carbocycles. The first-order valence-corrected chi connectivity index (χ1v) is 10.5. The van der Waals surface area contributed by atoms with E-state index in [0.717, 1.165) is 52.8 Å². The summed E-state index contributed by atoms with van der Waals surface area (Å²) < 4.78 is 21.2. The van der Waals surface area contributed by atoms with Crippen molar-refractivity contribution < 1.29 is 9.13 Å². The first kappa shape index (κ1) is 18.5. The first-order valence-electron chi connectivity index (χ1n) is 10.5. The molecule has 158 valence electrons. The number of rotatable bonds is 3. The third kappa shape index (κ3) is 2.93. The van der Waals surface area contributed by atoms with Crippen molar-refractivity contribution in [3.63, 3.8) is 0 Å².